The Kier molecular flexibility index (Phi) is 2.95. The second-order valence-corrected chi connectivity index (χ2v) is 3.67. The van der Waals surface area contributed by atoms with Gasteiger partial charge in [0.2, 0.25) is 5.88 Å². The number of benzene rings is 1. The Labute approximate surface area is 99.2 Å². The molecule has 0 aliphatic heterocycles. The lowest BCUT2D eigenvalue weighted by atomic mass is 10.0. The van der Waals surface area contributed by atoms with E-state index in [-0.39, 0.29) is 5.97 Å². The van der Waals surface area contributed by atoms with Crippen LogP contribution in [0, 0.1) is 6.92 Å². The maximum Gasteiger partial charge on any atom is 0.338 e. The van der Waals surface area contributed by atoms with Crippen LogP contribution >= 0.6 is 0 Å². The van der Waals surface area contributed by atoms with Gasteiger partial charge in [0, 0.05) is 11.5 Å². The van der Waals surface area contributed by atoms with Gasteiger partial charge in [-0.1, -0.05) is 6.07 Å². The van der Waals surface area contributed by atoms with Gasteiger partial charge in [-0.25, -0.2) is 9.78 Å². The SMILES string of the molecule is COC(=O)c1ccc(C)c2nc(OC)ccc12. The van der Waals surface area contributed by atoms with Crippen molar-refractivity contribution in [2.45, 2.75) is 6.92 Å². The fraction of sp³-hybridized carbons (Fsp3) is 0.231. The van der Waals surface area contributed by atoms with Crippen LogP contribution in [0.1, 0.15) is 15.9 Å². The lowest BCUT2D eigenvalue weighted by Crippen LogP contribution is -2.03. The Balaban J connectivity index is 2.73. The molecule has 17 heavy (non-hydrogen) atoms. The number of esters is 1. The van der Waals surface area contributed by atoms with Gasteiger partial charge in [0.25, 0.3) is 0 Å². The van der Waals surface area contributed by atoms with Crippen LogP contribution in [0.2, 0.25) is 0 Å². The molecule has 0 aliphatic carbocycles. The Morgan fingerprint density at radius 3 is 2.59 bits per heavy atom. The first-order chi connectivity index (χ1) is 8.17. The minimum Gasteiger partial charge on any atom is -0.481 e. The van der Waals surface area contributed by atoms with E-state index in [0.29, 0.717) is 11.4 Å². The van der Waals surface area contributed by atoms with Crippen molar-refractivity contribution in [1.29, 1.82) is 0 Å². The molecule has 88 valence electrons. The molecule has 1 aromatic heterocycles. The number of fused-ring (bicyclic) bond motifs is 1. The average molecular weight is 231 g/mol. The molecule has 1 heterocycles. The topological polar surface area (TPSA) is 48.4 Å². The number of pyridine rings is 1. The Bertz CT molecular complexity index is 578. The molecule has 0 saturated carbocycles. The number of ether oxygens (including phenoxy) is 2. The molecule has 0 radical (unpaired) electrons. The summed E-state index contributed by atoms with van der Waals surface area (Å²) in [5.41, 5.74) is 2.27. The van der Waals surface area contributed by atoms with E-state index < -0.39 is 0 Å². The molecular weight excluding hydrogens is 218 g/mol. The molecule has 2 rings (SSSR count). The van der Waals surface area contributed by atoms with Crippen molar-refractivity contribution in [2.24, 2.45) is 0 Å². The predicted octanol–water partition coefficient (Wildman–Crippen LogP) is 2.34. The zero-order valence-electron chi connectivity index (χ0n) is 9.98. The van der Waals surface area contributed by atoms with Gasteiger partial charge in [-0.2, -0.15) is 0 Å². The number of rotatable bonds is 2. The molecular formula is C13H13NO3. The average Bonchev–Trinajstić information content (AvgIpc) is 2.38. The summed E-state index contributed by atoms with van der Waals surface area (Å²) in [5.74, 6) is 0.171. The monoisotopic (exact) mass is 231 g/mol. The zero-order valence-corrected chi connectivity index (χ0v) is 9.98. The zero-order chi connectivity index (χ0) is 12.4. The van der Waals surface area contributed by atoms with Crippen molar-refractivity contribution >= 4 is 16.9 Å². The lowest BCUT2D eigenvalue weighted by Gasteiger charge is -2.08. The summed E-state index contributed by atoms with van der Waals surface area (Å²) in [6, 6.07) is 7.15. The third-order valence-corrected chi connectivity index (χ3v) is 2.65. The summed E-state index contributed by atoms with van der Waals surface area (Å²) < 4.78 is 9.82. The Morgan fingerprint density at radius 1 is 1.18 bits per heavy atom. The van der Waals surface area contributed by atoms with Gasteiger partial charge in [-0.15, -0.1) is 0 Å². The van der Waals surface area contributed by atoms with Gasteiger partial charge < -0.3 is 9.47 Å². The Hall–Kier alpha value is -2.10. The van der Waals surface area contributed by atoms with Crippen LogP contribution < -0.4 is 4.74 Å². The third-order valence-electron chi connectivity index (χ3n) is 2.65. The first-order valence-corrected chi connectivity index (χ1v) is 5.20. The summed E-state index contributed by atoms with van der Waals surface area (Å²) in [7, 11) is 2.93. The minimum absolute atomic E-state index is 0.359. The number of aromatic nitrogens is 1. The highest BCUT2D eigenvalue weighted by Crippen LogP contribution is 2.24. The van der Waals surface area contributed by atoms with E-state index in [1.54, 1.807) is 19.2 Å². The van der Waals surface area contributed by atoms with Crippen molar-refractivity contribution in [3.63, 3.8) is 0 Å². The normalized spacial score (nSPS) is 10.3. The van der Waals surface area contributed by atoms with Crippen LogP contribution in [0.4, 0.5) is 0 Å². The van der Waals surface area contributed by atoms with E-state index in [4.69, 9.17) is 9.47 Å². The molecule has 0 unspecified atom stereocenters. The molecule has 1 aromatic carbocycles. The van der Waals surface area contributed by atoms with Crippen LogP contribution in [-0.4, -0.2) is 25.2 Å². The van der Waals surface area contributed by atoms with Crippen molar-refractivity contribution in [3.05, 3.63) is 35.4 Å². The Morgan fingerprint density at radius 2 is 1.94 bits per heavy atom. The summed E-state index contributed by atoms with van der Waals surface area (Å²) in [4.78, 5) is 16.0. The van der Waals surface area contributed by atoms with Crippen LogP contribution in [0.5, 0.6) is 5.88 Å². The number of nitrogens with zero attached hydrogens (tertiary/aromatic N) is 1. The highest BCUT2D eigenvalue weighted by atomic mass is 16.5. The van der Waals surface area contributed by atoms with E-state index in [1.807, 2.05) is 19.1 Å². The maximum atomic E-state index is 11.6. The third kappa shape index (κ3) is 1.93. The van der Waals surface area contributed by atoms with Crippen molar-refractivity contribution < 1.29 is 14.3 Å². The summed E-state index contributed by atoms with van der Waals surface area (Å²) in [5, 5.41) is 0.776. The quantitative estimate of drug-likeness (QED) is 0.744. The predicted molar refractivity (Wildman–Crippen MR) is 64.4 cm³/mol. The van der Waals surface area contributed by atoms with E-state index >= 15 is 0 Å². The standard InChI is InChI=1S/C13H13NO3/c1-8-4-5-10(13(15)17-3)9-6-7-11(16-2)14-12(8)9/h4-7H,1-3H3. The number of hydrogen-bond acceptors (Lipinski definition) is 4. The van der Waals surface area contributed by atoms with E-state index in [1.165, 1.54) is 7.11 Å². The molecule has 0 amide bonds. The molecule has 0 atom stereocenters. The van der Waals surface area contributed by atoms with Crippen molar-refractivity contribution in [1.82, 2.24) is 4.98 Å². The van der Waals surface area contributed by atoms with Gasteiger partial charge in [0.1, 0.15) is 0 Å². The molecule has 4 heteroatoms. The summed E-state index contributed by atoms with van der Waals surface area (Å²) in [6.07, 6.45) is 0. The first-order valence-electron chi connectivity index (χ1n) is 5.20. The lowest BCUT2D eigenvalue weighted by molar-refractivity contribution is 0.0603. The summed E-state index contributed by atoms with van der Waals surface area (Å²) in [6.45, 7) is 1.94. The van der Waals surface area contributed by atoms with Gasteiger partial charge >= 0.3 is 5.97 Å². The van der Waals surface area contributed by atoms with Crippen molar-refractivity contribution in [2.75, 3.05) is 14.2 Å². The number of aryl methyl sites for hydroxylation is 1. The van der Waals surface area contributed by atoms with Gasteiger partial charge in [-0.05, 0) is 24.6 Å². The fourth-order valence-electron chi connectivity index (χ4n) is 1.74. The highest BCUT2D eigenvalue weighted by molar-refractivity contribution is 6.04. The minimum atomic E-state index is -0.359. The van der Waals surface area contributed by atoms with Crippen LogP contribution in [0.15, 0.2) is 24.3 Å². The molecule has 0 saturated heterocycles. The molecule has 0 fully saturated rings. The fourth-order valence-corrected chi connectivity index (χ4v) is 1.74. The summed E-state index contributed by atoms with van der Waals surface area (Å²) >= 11 is 0. The van der Waals surface area contributed by atoms with Gasteiger partial charge in [0.15, 0.2) is 0 Å². The molecule has 0 N–H and O–H groups in total. The molecule has 2 aromatic rings. The molecule has 0 aliphatic rings. The first kappa shape index (κ1) is 11.4. The van der Waals surface area contributed by atoms with Gasteiger partial charge in [0.05, 0.1) is 25.3 Å². The highest BCUT2D eigenvalue weighted by Gasteiger charge is 2.12. The van der Waals surface area contributed by atoms with Crippen LogP contribution in [0.3, 0.4) is 0 Å². The molecule has 0 bridgehead atoms. The van der Waals surface area contributed by atoms with E-state index in [2.05, 4.69) is 4.98 Å². The second-order valence-electron chi connectivity index (χ2n) is 3.67. The van der Waals surface area contributed by atoms with E-state index in [9.17, 15) is 4.79 Å². The van der Waals surface area contributed by atoms with Crippen molar-refractivity contribution in [3.8, 4) is 5.88 Å². The number of carbonyl (C=O) groups is 1. The largest absolute Gasteiger partial charge is 0.481 e. The van der Waals surface area contributed by atoms with Crippen LogP contribution in [0.25, 0.3) is 10.9 Å². The number of carbonyl (C=O) groups excluding carboxylic acids is 1. The number of hydrogen-bond donors (Lipinski definition) is 0. The second kappa shape index (κ2) is 4.41. The molecule has 4 nitrogen and oxygen atoms in total. The molecule has 0 spiro atoms. The smallest absolute Gasteiger partial charge is 0.338 e. The van der Waals surface area contributed by atoms with E-state index in [0.717, 1.165) is 16.5 Å². The maximum absolute atomic E-state index is 11.6. The van der Waals surface area contributed by atoms with Crippen LogP contribution in [-0.2, 0) is 4.74 Å². The number of methoxy groups -OCH3 is 2. The van der Waals surface area contributed by atoms with Gasteiger partial charge in [-0.3, -0.25) is 0 Å².